The van der Waals surface area contributed by atoms with E-state index in [9.17, 15) is 4.79 Å². The normalized spacial score (nSPS) is 17.6. The zero-order valence-corrected chi connectivity index (χ0v) is 19.8. The molecule has 176 valence electrons. The first-order valence-electron chi connectivity index (χ1n) is 12.3. The highest BCUT2D eigenvalue weighted by Gasteiger charge is 2.32. The summed E-state index contributed by atoms with van der Waals surface area (Å²) < 4.78 is 3.95. The van der Waals surface area contributed by atoms with Crippen molar-refractivity contribution in [2.45, 2.75) is 65.0 Å². The molecule has 1 N–H and O–H groups in total. The molecule has 0 aliphatic heterocycles. The topological polar surface area (TPSA) is 94.3 Å². The second-order valence-corrected chi connectivity index (χ2v) is 9.15. The van der Waals surface area contributed by atoms with Crippen molar-refractivity contribution in [3.63, 3.8) is 0 Å². The predicted octanol–water partition coefficient (Wildman–Crippen LogP) is 4.64. The highest BCUT2D eigenvalue weighted by molar-refractivity contribution is 5.78. The Hall–Kier alpha value is -3.55. The standard InChI is InChI=1S/C26H31N7O/c1-3-5-8-20-17-33(24-14-12-19(24)4-2)26(34)32(20)16-18-11-13-23(27-15-18)21-9-6-7-10-22(21)25-28-30-31-29-25/h6-7,9-11,13,15,17,19,24H,3-5,8,12,14,16H2,1-2H3,(H,28,29,30,31). The number of aryl methyl sites for hydroxylation is 1. The van der Waals surface area contributed by atoms with Gasteiger partial charge in [0.05, 0.1) is 12.2 Å². The number of pyridine rings is 1. The number of benzene rings is 1. The van der Waals surface area contributed by atoms with E-state index < -0.39 is 0 Å². The molecule has 0 amide bonds. The molecule has 1 saturated carbocycles. The number of hydrogen-bond donors (Lipinski definition) is 1. The van der Waals surface area contributed by atoms with Crippen molar-refractivity contribution in [3.05, 3.63) is 70.5 Å². The van der Waals surface area contributed by atoms with Gasteiger partial charge in [0.1, 0.15) is 0 Å². The number of nitrogens with zero attached hydrogens (tertiary/aromatic N) is 6. The van der Waals surface area contributed by atoms with Crippen LogP contribution in [-0.4, -0.2) is 34.7 Å². The lowest BCUT2D eigenvalue weighted by atomic mass is 9.78. The molecule has 3 aromatic heterocycles. The van der Waals surface area contributed by atoms with Crippen LogP contribution in [0.25, 0.3) is 22.6 Å². The second kappa shape index (κ2) is 9.75. The summed E-state index contributed by atoms with van der Waals surface area (Å²) >= 11 is 0. The van der Waals surface area contributed by atoms with Gasteiger partial charge in [-0.2, -0.15) is 5.21 Å². The van der Waals surface area contributed by atoms with E-state index in [0.717, 1.165) is 60.2 Å². The minimum atomic E-state index is 0.112. The SMILES string of the molecule is CCCCc1cn(C2CCC2CC)c(=O)n1Cc1ccc(-c2ccccc2-c2nn[nH]n2)nc1. The zero-order chi connectivity index (χ0) is 23.5. The molecule has 34 heavy (non-hydrogen) atoms. The number of H-pyrrole nitrogens is 1. The number of aromatic nitrogens is 7. The van der Waals surface area contributed by atoms with Gasteiger partial charge in [-0.1, -0.05) is 57.0 Å². The van der Waals surface area contributed by atoms with Gasteiger partial charge in [0.15, 0.2) is 0 Å². The molecule has 0 bridgehead atoms. The molecule has 0 saturated heterocycles. The van der Waals surface area contributed by atoms with Crippen LogP contribution < -0.4 is 5.69 Å². The summed E-state index contributed by atoms with van der Waals surface area (Å²) in [4.78, 5) is 18.1. The summed E-state index contributed by atoms with van der Waals surface area (Å²) in [7, 11) is 0. The van der Waals surface area contributed by atoms with Crippen LogP contribution in [0, 0.1) is 5.92 Å². The van der Waals surface area contributed by atoms with Gasteiger partial charge in [-0.15, -0.1) is 10.2 Å². The smallest absolute Gasteiger partial charge is 0.296 e. The first-order chi connectivity index (χ1) is 16.7. The second-order valence-electron chi connectivity index (χ2n) is 9.15. The average molecular weight is 458 g/mol. The maximum Gasteiger partial charge on any atom is 0.328 e. The van der Waals surface area contributed by atoms with E-state index in [0.29, 0.717) is 24.3 Å². The van der Waals surface area contributed by atoms with Crippen LogP contribution in [0.3, 0.4) is 0 Å². The Kier molecular flexibility index (Phi) is 6.38. The van der Waals surface area contributed by atoms with Crippen molar-refractivity contribution in [2.75, 3.05) is 0 Å². The van der Waals surface area contributed by atoms with Crippen LogP contribution in [0.5, 0.6) is 0 Å². The fraction of sp³-hybridized carbons (Fsp3) is 0.423. The fourth-order valence-corrected chi connectivity index (χ4v) is 4.94. The van der Waals surface area contributed by atoms with Crippen molar-refractivity contribution in [1.82, 2.24) is 34.7 Å². The summed E-state index contributed by atoms with van der Waals surface area (Å²) in [5, 5.41) is 14.4. The van der Waals surface area contributed by atoms with E-state index in [1.54, 1.807) is 0 Å². The summed E-state index contributed by atoms with van der Waals surface area (Å²) in [6, 6.07) is 12.3. The van der Waals surface area contributed by atoms with Gasteiger partial charge >= 0.3 is 5.69 Å². The van der Waals surface area contributed by atoms with Gasteiger partial charge in [-0.25, -0.2) is 4.79 Å². The van der Waals surface area contributed by atoms with Gasteiger partial charge in [0.2, 0.25) is 5.82 Å². The fourth-order valence-electron chi connectivity index (χ4n) is 4.94. The minimum absolute atomic E-state index is 0.112. The first-order valence-corrected chi connectivity index (χ1v) is 12.3. The largest absolute Gasteiger partial charge is 0.328 e. The molecule has 1 aromatic carbocycles. The van der Waals surface area contributed by atoms with Crippen molar-refractivity contribution >= 4 is 0 Å². The molecule has 5 rings (SSSR count). The van der Waals surface area contributed by atoms with Gasteiger partial charge in [0.25, 0.3) is 0 Å². The average Bonchev–Trinajstić information content (AvgIpc) is 3.48. The van der Waals surface area contributed by atoms with E-state index >= 15 is 0 Å². The third kappa shape index (κ3) is 4.20. The number of imidazole rings is 1. The quantitative estimate of drug-likeness (QED) is 0.395. The monoisotopic (exact) mass is 457 g/mol. The molecular weight excluding hydrogens is 426 g/mol. The molecule has 1 fully saturated rings. The molecule has 2 atom stereocenters. The molecule has 4 aromatic rings. The van der Waals surface area contributed by atoms with Crippen molar-refractivity contribution < 1.29 is 0 Å². The molecule has 8 heteroatoms. The van der Waals surface area contributed by atoms with Crippen LogP contribution >= 0.6 is 0 Å². The van der Waals surface area contributed by atoms with Gasteiger partial charge < -0.3 is 0 Å². The lowest BCUT2D eigenvalue weighted by Crippen LogP contribution is -2.36. The van der Waals surface area contributed by atoms with E-state index in [1.165, 1.54) is 6.42 Å². The third-order valence-electron chi connectivity index (χ3n) is 7.09. The number of aromatic amines is 1. The molecule has 1 aliphatic rings. The van der Waals surface area contributed by atoms with E-state index in [-0.39, 0.29) is 5.69 Å². The summed E-state index contributed by atoms with van der Waals surface area (Å²) in [5.41, 5.74) is 4.90. The number of hydrogen-bond acceptors (Lipinski definition) is 5. The van der Waals surface area contributed by atoms with Crippen LogP contribution in [0.2, 0.25) is 0 Å². The Balaban J connectivity index is 1.43. The van der Waals surface area contributed by atoms with Crippen LogP contribution in [0.1, 0.15) is 63.3 Å². The van der Waals surface area contributed by atoms with Crippen molar-refractivity contribution in [2.24, 2.45) is 5.92 Å². The minimum Gasteiger partial charge on any atom is -0.296 e. The van der Waals surface area contributed by atoms with Crippen LogP contribution in [0.15, 0.2) is 53.6 Å². The van der Waals surface area contributed by atoms with E-state index in [1.807, 2.05) is 45.7 Å². The number of unbranched alkanes of at least 4 members (excludes halogenated alkanes) is 1. The number of tetrazole rings is 1. The van der Waals surface area contributed by atoms with Gasteiger partial charge in [-0.3, -0.25) is 14.1 Å². The third-order valence-corrected chi connectivity index (χ3v) is 7.09. The zero-order valence-electron chi connectivity index (χ0n) is 19.8. The molecule has 2 unspecified atom stereocenters. The highest BCUT2D eigenvalue weighted by Crippen LogP contribution is 2.40. The summed E-state index contributed by atoms with van der Waals surface area (Å²) in [5.74, 6) is 1.16. The Morgan fingerprint density at radius 1 is 1.09 bits per heavy atom. The Morgan fingerprint density at radius 2 is 1.94 bits per heavy atom. The van der Waals surface area contributed by atoms with Crippen molar-refractivity contribution in [1.29, 1.82) is 0 Å². The Labute approximate surface area is 199 Å². The predicted molar refractivity (Wildman–Crippen MR) is 131 cm³/mol. The Bertz CT molecular complexity index is 1290. The van der Waals surface area contributed by atoms with Crippen LogP contribution in [-0.2, 0) is 13.0 Å². The van der Waals surface area contributed by atoms with Crippen LogP contribution in [0.4, 0.5) is 0 Å². The summed E-state index contributed by atoms with van der Waals surface area (Å²) in [6.07, 6.45) is 10.5. The molecule has 1 aliphatic carbocycles. The Morgan fingerprint density at radius 3 is 2.59 bits per heavy atom. The maximum atomic E-state index is 13.4. The molecule has 0 spiro atoms. The number of nitrogens with one attached hydrogen (secondary N) is 1. The molecule has 8 nitrogen and oxygen atoms in total. The number of rotatable bonds is 9. The van der Waals surface area contributed by atoms with Gasteiger partial charge in [-0.05, 0) is 48.4 Å². The lowest BCUT2D eigenvalue weighted by Gasteiger charge is -2.36. The van der Waals surface area contributed by atoms with E-state index in [4.69, 9.17) is 4.98 Å². The molecule has 3 heterocycles. The van der Waals surface area contributed by atoms with E-state index in [2.05, 4.69) is 46.7 Å². The van der Waals surface area contributed by atoms with Crippen molar-refractivity contribution in [3.8, 4) is 22.6 Å². The lowest BCUT2D eigenvalue weighted by molar-refractivity contribution is 0.171. The summed E-state index contributed by atoms with van der Waals surface area (Å²) in [6.45, 7) is 4.95. The molecular formula is C26H31N7O. The molecule has 0 radical (unpaired) electrons. The maximum absolute atomic E-state index is 13.4. The highest BCUT2D eigenvalue weighted by atomic mass is 16.1. The first kappa shape index (κ1) is 22.3. The van der Waals surface area contributed by atoms with Gasteiger partial charge in [0, 0.05) is 35.3 Å².